The maximum absolute atomic E-state index is 5.91. The van der Waals surface area contributed by atoms with E-state index < -0.39 is 0 Å². The van der Waals surface area contributed by atoms with Crippen LogP contribution in [0.4, 0.5) is 0 Å². The molecule has 1 N–H and O–H groups in total. The van der Waals surface area contributed by atoms with E-state index in [-0.39, 0.29) is 0 Å². The quantitative estimate of drug-likeness (QED) is 0.680. The van der Waals surface area contributed by atoms with Crippen LogP contribution in [-0.2, 0) is 4.74 Å². The molecule has 84 valence electrons. The Hall–Kier alpha value is -0.0800. The van der Waals surface area contributed by atoms with Gasteiger partial charge >= 0.3 is 0 Å². The number of hydrogen-bond donors (Lipinski definition) is 1. The summed E-state index contributed by atoms with van der Waals surface area (Å²) in [5.41, 5.74) is 0. The molecule has 1 unspecified atom stereocenters. The summed E-state index contributed by atoms with van der Waals surface area (Å²) in [7, 11) is 0. The van der Waals surface area contributed by atoms with Crippen molar-refractivity contribution in [3.05, 3.63) is 0 Å². The van der Waals surface area contributed by atoms with Crippen LogP contribution in [0.15, 0.2) is 0 Å². The highest BCUT2D eigenvalue weighted by Gasteiger charge is 2.16. The third-order valence-electron chi connectivity index (χ3n) is 2.97. The number of likely N-dealkylation sites (N-methyl/N-ethyl adjacent to an activating group) is 1. The van der Waals surface area contributed by atoms with E-state index in [0.29, 0.717) is 12.1 Å². The molecule has 0 amide bonds. The maximum Gasteiger partial charge on any atom is 0.0623 e. The highest BCUT2D eigenvalue weighted by atomic mass is 16.5. The summed E-state index contributed by atoms with van der Waals surface area (Å²) in [6.45, 7) is 6.36. The Morgan fingerprint density at radius 2 is 2.00 bits per heavy atom. The first-order valence-electron chi connectivity index (χ1n) is 6.21. The van der Waals surface area contributed by atoms with Gasteiger partial charge in [0.25, 0.3) is 0 Å². The van der Waals surface area contributed by atoms with Crippen LogP contribution >= 0.6 is 0 Å². The average Bonchev–Trinajstić information content (AvgIpc) is 2.67. The van der Waals surface area contributed by atoms with Crippen LogP contribution in [0.3, 0.4) is 0 Å². The molecule has 0 aliphatic heterocycles. The molecule has 1 saturated carbocycles. The van der Waals surface area contributed by atoms with Crippen molar-refractivity contribution in [3.8, 4) is 0 Å². The van der Waals surface area contributed by atoms with Crippen LogP contribution in [0, 0.1) is 0 Å². The molecule has 0 saturated heterocycles. The van der Waals surface area contributed by atoms with E-state index in [1.807, 2.05) is 0 Å². The number of rotatable bonds is 7. The first-order valence-corrected chi connectivity index (χ1v) is 6.21. The number of nitrogens with one attached hydrogen (secondary N) is 1. The van der Waals surface area contributed by atoms with E-state index in [2.05, 4.69) is 19.2 Å². The van der Waals surface area contributed by atoms with Crippen molar-refractivity contribution in [1.82, 2.24) is 5.32 Å². The first-order chi connectivity index (χ1) is 6.86. The molecule has 0 radical (unpaired) electrons. The van der Waals surface area contributed by atoms with E-state index in [4.69, 9.17) is 4.74 Å². The molecule has 2 heteroatoms. The van der Waals surface area contributed by atoms with Gasteiger partial charge in [-0.15, -0.1) is 0 Å². The number of ether oxygens (including phenoxy) is 1. The van der Waals surface area contributed by atoms with Crippen molar-refractivity contribution in [3.63, 3.8) is 0 Å². The van der Waals surface area contributed by atoms with Gasteiger partial charge in [-0.1, -0.05) is 33.1 Å². The molecule has 1 rings (SSSR count). The lowest BCUT2D eigenvalue weighted by Crippen LogP contribution is -2.34. The van der Waals surface area contributed by atoms with Crippen LogP contribution in [0.5, 0.6) is 0 Å². The maximum atomic E-state index is 5.91. The van der Waals surface area contributed by atoms with Crippen molar-refractivity contribution >= 4 is 0 Å². The predicted molar refractivity (Wildman–Crippen MR) is 60.6 cm³/mol. The van der Waals surface area contributed by atoms with Crippen molar-refractivity contribution in [1.29, 1.82) is 0 Å². The van der Waals surface area contributed by atoms with Crippen LogP contribution in [0.25, 0.3) is 0 Å². The summed E-state index contributed by atoms with van der Waals surface area (Å²) in [4.78, 5) is 0. The van der Waals surface area contributed by atoms with Crippen LogP contribution in [-0.4, -0.2) is 25.3 Å². The minimum absolute atomic E-state index is 0.563. The fraction of sp³-hybridized carbons (Fsp3) is 1.00. The third-order valence-corrected chi connectivity index (χ3v) is 2.97. The highest BCUT2D eigenvalue weighted by Crippen LogP contribution is 2.21. The molecule has 1 fully saturated rings. The van der Waals surface area contributed by atoms with Gasteiger partial charge in [-0.05, 0) is 25.8 Å². The van der Waals surface area contributed by atoms with Gasteiger partial charge < -0.3 is 10.1 Å². The van der Waals surface area contributed by atoms with Crippen molar-refractivity contribution in [2.24, 2.45) is 0 Å². The van der Waals surface area contributed by atoms with Gasteiger partial charge in [0.1, 0.15) is 0 Å². The second-order valence-corrected chi connectivity index (χ2v) is 4.28. The summed E-state index contributed by atoms with van der Waals surface area (Å²) in [5.74, 6) is 0. The lowest BCUT2D eigenvalue weighted by atomic mass is 10.2. The zero-order valence-electron chi connectivity index (χ0n) is 9.72. The minimum Gasteiger partial charge on any atom is -0.377 e. The molecule has 1 aliphatic rings. The van der Waals surface area contributed by atoms with Gasteiger partial charge in [0.2, 0.25) is 0 Å². The van der Waals surface area contributed by atoms with Crippen LogP contribution < -0.4 is 5.32 Å². The normalized spacial score (nSPS) is 20.1. The Kier molecular flexibility index (Phi) is 6.20. The molecule has 0 aromatic heterocycles. The summed E-state index contributed by atoms with van der Waals surface area (Å²) in [5, 5.41) is 3.48. The van der Waals surface area contributed by atoms with Gasteiger partial charge in [0.05, 0.1) is 12.7 Å². The van der Waals surface area contributed by atoms with E-state index in [0.717, 1.165) is 13.2 Å². The standard InChI is InChI=1S/C12H25NO/c1-3-7-11(13-4-2)10-14-12-8-5-6-9-12/h11-13H,3-10H2,1-2H3. The lowest BCUT2D eigenvalue weighted by molar-refractivity contribution is 0.0415. The second kappa shape index (κ2) is 7.24. The van der Waals surface area contributed by atoms with E-state index in [9.17, 15) is 0 Å². The fourth-order valence-corrected chi connectivity index (χ4v) is 2.19. The van der Waals surface area contributed by atoms with Crippen molar-refractivity contribution in [2.75, 3.05) is 13.2 Å². The summed E-state index contributed by atoms with van der Waals surface area (Å²) in [6, 6.07) is 0.575. The van der Waals surface area contributed by atoms with Crippen LogP contribution in [0.2, 0.25) is 0 Å². The van der Waals surface area contributed by atoms with Crippen LogP contribution in [0.1, 0.15) is 52.4 Å². The Labute approximate surface area is 88.4 Å². The molecule has 0 aromatic carbocycles. The highest BCUT2D eigenvalue weighted by molar-refractivity contribution is 4.70. The molecule has 0 spiro atoms. The molecular weight excluding hydrogens is 174 g/mol. The second-order valence-electron chi connectivity index (χ2n) is 4.28. The first kappa shape index (κ1) is 12.0. The molecule has 0 aromatic rings. The Balaban J connectivity index is 2.10. The van der Waals surface area contributed by atoms with E-state index in [1.165, 1.54) is 38.5 Å². The summed E-state index contributed by atoms with van der Waals surface area (Å²) in [6.07, 6.45) is 8.34. The van der Waals surface area contributed by atoms with Crippen molar-refractivity contribution in [2.45, 2.75) is 64.5 Å². The molecule has 0 bridgehead atoms. The Bertz CT molecular complexity index is 126. The predicted octanol–water partition coefficient (Wildman–Crippen LogP) is 2.72. The minimum atomic E-state index is 0.563. The van der Waals surface area contributed by atoms with Gasteiger partial charge in [0, 0.05) is 6.04 Å². The van der Waals surface area contributed by atoms with Crippen molar-refractivity contribution < 1.29 is 4.74 Å². The monoisotopic (exact) mass is 199 g/mol. The average molecular weight is 199 g/mol. The molecule has 2 nitrogen and oxygen atoms in total. The van der Waals surface area contributed by atoms with Gasteiger partial charge in [-0.25, -0.2) is 0 Å². The zero-order chi connectivity index (χ0) is 10.2. The SMILES string of the molecule is CCCC(COC1CCCC1)NCC. The largest absolute Gasteiger partial charge is 0.377 e. The fourth-order valence-electron chi connectivity index (χ4n) is 2.19. The van der Waals surface area contributed by atoms with Gasteiger partial charge in [0.15, 0.2) is 0 Å². The third kappa shape index (κ3) is 4.43. The molecule has 0 heterocycles. The van der Waals surface area contributed by atoms with E-state index in [1.54, 1.807) is 0 Å². The Morgan fingerprint density at radius 1 is 1.29 bits per heavy atom. The summed E-state index contributed by atoms with van der Waals surface area (Å²) >= 11 is 0. The Morgan fingerprint density at radius 3 is 2.57 bits per heavy atom. The zero-order valence-corrected chi connectivity index (χ0v) is 9.72. The lowest BCUT2D eigenvalue weighted by Gasteiger charge is -2.19. The molecule has 1 aliphatic carbocycles. The summed E-state index contributed by atoms with van der Waals surface area (Å²) < 4.78 is 5.91. The molecule has 1 atom stereocenters. The van der Waals surface area contributed by atoms with Gasteiger partial charge in [-0.2, -0.15) is 0 Å². The van der Waals surface area contributed by atoms with Gasteiger partial charge in [-0.3, -0.25) is 0 Å². The topological polar surface area (TPSA) is 21.3 Å². The number of hydrogen-bond acceptors (Lipinski definition) is 2. The van der Waals surface area contributed by atoms with E-state index >= 15 is 0 Å². The smallest absolute Gasteiger partial charge is 0.0623 e. The molecular formula is C12H25NO. The molecule has 14 heavy (non-hydrogen) atoms.